The summed E-state index contributed by atoms with van der Waals surface area (Å²) in [7, 11) is 1.00. The molecule has 0 unspecified atom stereocenters. The van der Waals surface area contributed by atoms with Crippen LogP contribution in [0.1, 0.15) is 37.0 Å². The lowest BCUT2D eigenvalue weighted by Crippen LogP contribution is -2.19. The van der Waals surface area contributed by atoms with Crippen LogP contribution in [0, 0.1) is 0 Å². The number of benzene rings is 2. The van der Waals surface area contributed by atoms with Crippen molar-refractivity contribution in [3.8, 4) is 11.5 Å². The summed E-state index contributed by atoms with van der Waals surface area (Å²) in [5.74, 6) is 6.27. The Hall–Kier alpha value is -2.10. The van der Waals surface area contributed by atoms with Gasteiger partial charge in [0.2, 0.25) is 0 Å². The van der Waals surface area contributed by atoms with E-state index in [0.717, 1.165) is 57.1 Å². The molecule has 7 nitrogen and oxygen atoms in total. The Bertz CT molecular complexity index is 694. The minimum atomic E-state index is 0.542. The third-order valence-electron chi connectivity index (χ3n) is 3.77. The van der Waals surface area contributed by atoms with Crippen molar-refractivity contribution in [2.75, 3.05) is 25.1 Å². The average Bonchev–Trinajstić information content (AvgIpc) is 3.31. The second-order valence-corrected chi connectivity index (χ2v) is 6.08. The van der Waals surface area contributed by atoms with Crippen molar-refractivity contribution in [2.24, 2.45) is 5.90 Å². The van der Waals surface area contributed by atoms with Crippen LogP contribution in [0.3, 0.4) is 0 Å². The van der Waals surface area contributed by atoms with Gasteiger partial charge in [0, 0.05) is 25.8 Å². The number of aliphatic hydroxyl groups excluding tert-OH is 1. The van der Waals surface area contributed by atoms with Gasteiger partial charge in [0.15, 0.2) is 5.75 Å². The Labute approximate surface area is 170 Å². The van der Waals surface area contributed by atoms with E-state index in [1.54, 1.807) is 6.07 Å². The van der Waals surface area contributed by atoms with Crippen molar-refractivity contribution in [1.29, 1.82) is 0 Å². The molecular formula is C20H28N2O5S. The molecule has 3 rings (SSSR count). The number of rotatable bonds is 7. The molecule has 1 aliphatic rings. The molecule has 0 radical (unpaired) electrons. The zero-order valence-corrected chi connectivity index (χ0v) is 17.3. The van der Waals surface area contributed by atoms with Crippen molar-refractivity contribution in [3.63, 3.8) is 0 Å². The molecule has 0 aromatic heterocycles. The van der Waals surface area contributed by atoms with Gasteiger partial charge in [-0.05, 0) is 37.1 Å². The fraction of sp³-hybridized carbons (Fsp3) is 0.350. The number of carbonyl (C=O) groups is 1. The molecule has 2 aromatic rings. The molecule has 0 bridgehead atoms. The third kappa shape index (κ3) is 6.81. The lowest BCUT2D eigenvalue weighted by Gasteiger charge is -2.23. The molecule has 0 aliphatic carbocycles. The lowest BCUT2D eigenvalue weighted by atomic mass is 10.2. The van der Waals surface area contributed by atoms with Crippen molar-refractivity contribution < 1.29 is 24.0 Å². The van der Waals surface area contributed by atoms with E-state index < -0.39 is 0 Å². The minimum Gasteiger partial charge on any atom is -0.454 e. The van der Waals surface area contributed by atoms with Gasteiger partial charge in [-0.15, -0.1) is 9.32 Å². The van der Waals surface area contributed by atoms with E-state index in [-0.39, 0.29) is 0 Å². The molecule has 0 saturated carbocycles. The smallest absolute Gasteiger partial charge is 0.166 e. The van der Waals surface area contributed by atoms with E-state index >= 15 is 0 Å². The zero-order chi connectivity index (χ0) is 20.8. The summed E-state index contributed by atoms with van der Waals surface area (Å²) >= 11 is 0.911. The Morgan fingerprint density at radius 3 is 2.32 bits per heavy atom. The van der Waals surface area contributed by atoms with Crippen LogP contribution in [0.5, 0.6) is 11.5 Å². The summed E-state index contributed by atoms with van der Waals surface area (Å²) in [5.41, 5.74) is 1.41. The van der Waals surface area contributed by atoms with E-state index in [9.17, 15) is 4.79 Å². The number of ether oxygens (including phenoxy) is 1. The standard InChI is InChI=1S/C17H18N2O4S.C2H6.CH4O/c18-22-23-24-16-11-13(12-20)10-15(19-8-4-5-9-19)17(16)21-14-6-2-1-3-7-14;2*1-2/h1-3,6-7,10-12H,4-5,8-9,18H2;1-2H3;2H,1H3. The highest BCUT2D eigenvalue weighted by molar-refractivity contribution is 7.94. The van der Waals surface area contributed by atoms with Crippen molar-refractivity contribution in [1.82, 2.24) is 0 Å². The molecule has 28 heavy (non-hydrogen) atoms. The van der Waals surface area contributed by atoms with E-state index in [0.29, 0.717) is 22.0 Å². The van der Waals surface area contributed by atoms with Gasteiger partial charge in [-0.25, -0.2) is 0 Å². The van der Waals surface area contributed by atoms with Crippen LogP contribution in [0.15, 0.2) is 47.4 Å². The molecule has 1 fully saturated rings. The van der Waals surface area contributed by atoms with Crippen LogP contribution in [-0.2, 0) is 9.32 Å². The Morgan fingerprint density at radius 1 is 1.11 bits per heavy atom. The van der Waals surface area contributed by atoms with Gasteiger partial charge in [-0.2, -0.15) is 5.90 Å². The first-order chi connectivity index (χ1) is 13.8. The Morgan fingerprint density at radius 2 is 1.75 bits per heavy atom. The van der Waals surface area contributed by atoms with Gasteiger partial charge in [0.05, 0.1) is 22.6 Å². The third-order valence-corrected chi connectivity index (χ3v) is 4.40. The predicted octanol–water partition coefficient (Wildman–Crippen LogP) is 4.36. The maximum Gasteiger partial charge on any atom is 0.166 e. The lowest BCUT2D eigenvalue weighted by molar-refractivity contribution is -0.195. The first kappa shape index (κ1) is 23.9. The van der Waals surface area contributed by atoms with E-state index in [1.165, 1.54) is 0 Å². The molecule has 0 amide bonds. The summed E-state index contributed by atoms with van der Waals surface area (Å²) in [6, 6.07) is 13.0. The number of hydrogen-bond donors (Lipinski definition) is 2. The van der Waals surface area contributed by atoms with Gasteiger partial charge in [0.25, 0.3) is 0 Å². The van der Waals surface area contributed by atoms with E-state index in [2.05, 4.69) is 9.89 Å². The zero-order valence-electron chi connectivity index (χ0n) is 16.5. The number of aliphatic hydroxyl groups is 1. The van der Waals surface area contributed by atoms with Gasteiger partial charge in [-0.3, -0.25) is 4.79 Å². The number of carbonyl (C=O) groups excluding carboxylic acids is 1. The Balaban J connectivity index is 0.000000921. The SMILES string of the molecule is CC.CO.NOOSc1cc(C=O)cc(N2CCCC2)c1Oc1ccccc1. The van der Waals surface area contributed by atoms with Crippen molar-refractivity contribution >= 4 is 24.0 Å². The van der Waals surface area contributed by atoms with Crippen molar-refractivity contribution in [2.45, 2.75) is 31.6 Å². The fourth-order valence-electron chi connectivity index (χ4n) is 2.70. The highest BCUT2D eigenvalue weighted by Crippen LogP contribution is 2.43. The first-order valence-corrected chi connectivity index (χ1v) is 9.82. The maximum atomic E-state index is 11.3. The summed E-state index contributed by atoms with van der Waals surface area (Å²) < 4.78 is 10.9. The minimum absolute atomic E-state index is 0.542. The molecule has 8 heteroatoms. The van der Waals surface area contributed by atoms with Gasteiger partial charge in [0.1, 0.15) is 12.0 Å². The number of para-hydroxylation sites is 1. The molecule has 0 atom stereocenters. The summed E-state index contributed by atoms with van der Waals surface area (Å²) in [4.78, 5) is 18.3. The number of nitrogens with zero attached hydrogens (tertiary/aromatic N) is 1. The first-order valence-electron chi connectivity index (χ1n) is 9.07. The molecule has 1 heterocycles. The normalized spacial score (nSPS) is 12.4. The molecule has 154 valence electrons. The topological polar surface area (TPSA) is 94.2 Å². The quantitative estimate of drug-likeness (QED) is 0.302. The van der Waals surface area contributed by atoms with Gasteiger partial charge in [-0.1, -0.05) is 32.0 Å². The van der Waals surface area contributed by atoms with Crippen molar-refractivity contribution in [3.05, 3.63) is 48.0 Å². The number of nitrogens with two attached hydrogens (primary N) is 1. The highest BCUT2D eigenvalue weighted by Gasteiger charge is 2.22. The molecule has 1 aliphatic heterocycles. The number of hydrogen-bond acceptors (Lipinski definition) is 8. The highest BCUT2D eigenvalue weighted by atomic mass is 32.2. The second-order valence-electron chi connectivity index (χ2n) is 5.34. The monoisotopic (exact) mass is 408 g/mol. The van der Waals surface area contributed by atoms with Crippen LogP contribution in [0.2, 0.25) is 0 Å². The van der Waals surface area contributed by atoms with Crippen LogP contribution >= 0.6 is 12.0 Å². The van der Waals surface area contributed by atoms with Gasteiger partial charge < -0.3 is 14.7 Å². The predicted molar refractivity (Wildman–Crippen MR) is 111 cm³/mol. The maximum absolute atomic E-state index is 11.3. The van der Waals surface area contributed by atoms with Crippen LogP contribution < -0.4 is 15.5 Å². The molecule has 1 saturated heterocycles. The van der Waals surface area contributed by atoms with Crippen LogP contribution in [0.4, 0.5) is 5.69 Å². The van der Waals surface area contributed by atoms with Gasteiger partial charge >= 0.3 is 0 Å². The van der Waals surface area contributed by atoms with E-state index in [4.69, 9.17) is 20.1 Å². The fourth-order valence-corrected chi connectivity index (χ4v) is 3.22. The molecular weight excluding hydrogens is 380 g/mol. The molecule has 0 spiro atoms. The average molecular weight is 409 g/mol. The summed E-state index contributed by atoms with van der Waals surface area (Å²) in [6.07, 6.45) is 3.03. The van der Waals surface area contributed by atoms with Crippen LogP contribution in [-0.4, -0.2) is 31.6 Å². The van der Waals surface area contributed by atoms with Crippen LogP contribution in [0.25, 0.3) is 0 Å². The summed E-state index contributed by atoms with van der Waals surface area (Å²) in [6.45, 7) is 5.84. The Kier molecular flexibility index (Phi) is 11.9. The number of anilines is 1. The second kappa shape index (κ2) is 14.0. The largest absolute Gasteiger partial charge is 0.454 e. The molecule has 2 aromatic carbocycles. The van der Waals surface area contributed by atoms with E-state index in [1.807, 2.05) is 50.2 Å². The number of aldehydes is 1. The molecule has 3 N–H and O–H groups in total. The summed E-state index contributed by atoms with van der Waals surface area (Å²) in [5, 5.41) is 7.00.